The van der Waals surface area contributed by atoms with Gasteiger partial charge in [-0.05, 0) is 25.7 Å². The molecule has 8 heteroatoms. The molecule has 0 aromatic rings. The fraction of sp³-hybridized carbons (Fsp3) is 0.857. The predicted octanol–water partition coefficient (Wildman–Crippen LogP) is 3.60. The van der Waals surface area contributed by atoms with E-state index in [1.165, 1.54) is 0 Å². The fourth-order valence-electron chi connectivity index (χ4n) is 1.73. The second kappa shape index (κ2) is 12.6. The van der Waals surface area contributed by atoms with Crippen molar-refractivity contribution in [2.24, 2.45) is 4.74 Å². The highest BCUT2D eigenvalue weighted by molar-refractivity contribution is 7.55. The number of carboxylic acids is 2. The number of aliphatic carboxylic acids is 2. The molecule has 0 aliphatic heterocycles. The highest BCUT2D eigenvalue weighted by Gasteiger charge is 2.13. The number of carboxylic acid groups (broad SMARTS) is 2. The summed E-state index contributed by atoms with van der Waals surface area (Å²) in [5.41, 5.74) is 0. The molecular weight excluding hydrogens is 309 g/mol. The molecule has 0 atom stereocenters. The summed E-state index contributed by atoms with van der Waals surface area (Å²) in [4.78, 5) is 20.7. The van der Waals surface area contributed by atoms with Crippen LogP contribution in [0.25, 0.3) is 0 Å². The van der Waals surface area contributed by atoms with Gasteiger partial charge in [0.2, 0.25) is 7.51 Å². The molecule has 22 heavy (non-hydrogen) atoms. The van der Waals surface area contributed by atoms with Crippen molar-refractivity contribution in [1.82, 2.24) is 0 Å². The Bertz CT molecular complexity index is 356. The lowest BCUT2D eigenvalue weighted by molar-refractivity contribution is -0.138. The zero-order valence-corrected chi connectivity index (χ0v) is 14.4. The summed E-state index contributed by atoms with van der Waals surface area (Å²) in [6.45, 7) is 2.88. The topological polar surface area (TPSA) is 105 Å². The normalized spacial score (nSPS) is 11.4. The Hall–Kier alpha value is -0.910. The molecule has 0 bridgehead atoms. The minimum Gasteiger partial charge on any atom is -0.481 e. The summed E-state index contributed by atoms with van der Waals surface area (Å²) in [5.74, 6) is -1.54. The van der Waals surface area contributed by atoms with Crippen LogP contribution in [0.1, 0.15) is 51.4 Å². The van der Waals surface area contributed by atoms with Crippen LogP contribution in [0.3, 0.4) is 0 Å². The average Bonchev–Trinajstić information content (AvgIpc) is 2.46. The summed E-state index contributed by atoms with van der Waals surface area (Å²) in [6.07, 6.45) is 4.90. The number of rotatable bonds is 14. The van der Waals surface area contributed by atoms with Gasteiger partial charge in [0.05, 0.1) is 13.2 Å². The molecule has 130 valence electrons. The van der Waals surface area contributed by atoms with Gasteiger partial charge in [-0.1, -0.05) is 12.8 Å². The van der Waals surface area contributed by atoms with Crippen molar-refractivity contribution in [2.75, 3.05) is 26.9 Å². The van der Waals surface area contributed by atoms with E-state index in [1.807, 2.05) is 6.66 Å². The molecule has 0 aromatic heterocycles. The van der Waals surface area contributed by atoms with Crippen LogP contribution in [0.4, 0.5) is 0 Å². The molecule has 0 spiro atoms. The van der Waals surface area contributed by atoms with Crippen LogP contribution >= 0.6 is 7.51 Å². The lowest BCUT2D eigenvalue weighted by Gasteiger charge is -2.19. The van der Waals surface area contributed by atoms with Crippen molar-refractivity contribution >= 4 is 19.4 Å². The Morgan fingerprint density at radius 3 is 1.59 bits per heavy atom. The van der Waals surface area contributed by atoms with E-state index < -0.39 is 19.4 Å². The molecule has 0 fully saturated rings. The predicted molar refractivity (Wildman–Crippen MR) is 85.3 cm³/mol. The molecule has 0 rings (SSSR count). The van der Waals surface area contributed by atoms with Crippen LogP contribution in [0.15, 0.2) is 4.74 Å². The first-order chi connectivity index (χ1) is 10.4. The second-order valence-electron chi connectivity index (χ2n) is 5.08. The third-order valence-corrected chi connectivity index (χ3v) is 5.14. The van der Waals surface area contributed by atoms with Gasteiger partial charge in [0.15, 0.2) is 0 Å². The van der Waals surface area contributed by atoms with E-state index in [0.717, 1.165) is 25.7 Å². The van der Waals surface area contributed by atoms with Crippen LogP contribution in [0.2, 0.25) is 0 Å². The summed E-state index contributed by atoms with van der Waals surface area (Å²) < 4.78 is 15.6. The highest BCUT2D eigenvalue weighted by atomic mass is 31.2. The minimum absolute atomic E-state index is 0.192. The molecule has 0 aliphatic rings. The molecule has 0 radical (unpaired) electrons. The summed E-state index contributed by atoms with van der Waals surface area (Å²) in [5, 5.41) is 17.1. The van der Waals surface area contributed by atoms with Gasteiger partial charge in [-0.15, -0.1) is 0 Å². The molecular formula is C14H28NO6P. The third-order valence-electron chi connectivity index (χ3n) is 3.09. The monoisotopic (exact) mass is 337 g/mol. The first kappa shape index (κ1) is 21.1. The maximum Gasteiger partial charge on any atom is 0.303 e. The molecule has 2 N–H and O–H groups in total. The van der Waals surface area contributed by atoms with E-state index in [-0.39, 0.29) is 12.8 Å². The largest absolute Gasteiger partial charge is 0.481 e. The van der Waals surface area contributed by atoms with Crippen LogP contribution in [0.5, 0.6) is 0 Å². The Labute approximate surface area is 132 Å². The number of hydrogen-bond acceptors (Lipinski definition) is 5. The lowest BCUT2D eigenvalue weighted by Crippen LogP contribution is -2.00. The maximum absolute atomic E-state index is 10.4. The van der Waals surface area contributed by atoms with Crippen molar-refractivity contribution in [2.45, 2.75) is 51.4 Å². The molecule has 0 saturated heterocycles. The van der Waals surface area contributed by atoms with E-state index in [2.05, 4.69) is 4.74 Å². The fourth-order valence-corrected chi connectivity index (χ4v) is 2.97. The van der Waals surface area contributed by atoms with Gasteiger partial charge in [-0.3, -0.25) is 14.3 Å². The molecule has 0 aromatic carbocycles. The van der Waals surface area contributed by atoms with Crippen molar-refractivity contribution < 1.29 is 28.8 Å². The van der Waals surface area contributed by atoms with E-state index in [4.69, 9.17) is 19.3 Å². The van der Waals surface area contributed by atoms with Gasteiger partial charge in [-0.2, -0.15) is 0 Å². The van der Waals surface area contributed by atoms with Crippen molar-refractivity contribution in [3.63, 3.8) is 0 Å². The Balaban J connectivity index is 3.72. The summed E-state index contributed by atoms with van der Waals surface area (Å²) >= 11 is 0. The van der Waals surface area contributed by atoms with Gasteiger partial charge in [0, 0.05) is 26.6 Å². The van der Waals surface area contributed by atoms with Crippen LogP contribution in [0, 0.1) is 0 Å². The third kappa shape index (κ3) is 12.8. The first-order valence-corrected chi connectivity index (χ1v) is 9.62. The van der Waals surface area contributed by atoms with Crippen LogP contribution in [-0.4, -0.2) is 49.1 Å². The SMILES string of the molecule is CN=P(C)(OCCCCCC(=O)O)OCCCCCC(=O)O. The Morgan fingerprint density at radius 2 is 1.27 bits per heavy atom. The Kier molecular flexibility index (Phi) is 12.1. The van der Waals surface area contributed by atoms with E-state index in [1.54, 1.807) is 7.05 Å². The quantitative estimate of drug-likeness (QED) is 0.370. The number of unbranched alkanes of at least 4 members (excludes halogenated alkanes) is 4. The van der Waals surface area contributed by atoms with Crippen molar-refractivity contribution in [3.05, 3.63) is 0 Å². The van der Waals surface area contributed by atoms with Gasteiger partial charge in [0.1, 0.15) is 0 Å². The number of carbonyl (C=O) groups is 2. The summed E-state index contributed by atoms with van der Waals surface area (Å²) in [7, 11) is -0.524. The second-order valence-corrected chi connectivity index (χ2v) is 7.60. The van der Waals surface area contributed by atoms with Gasteiger partial charge >= 0.3 is 11.9 Å². The van der Waals surface area contributed by atoms with Gasteiger partial charge in [-0.25, -0.2) is 0 Å². The van der Waals surface area contributed by atoms with Crippen molar-refractivity contribution in [1.29, 1.82) is 0 Å². The first-order valence-electron chi connectivity index (χ1n) is 7.60. The smallest absolute Gasteiger partial charge is 0.303 e. The molecule has 0 amide bonds. The highest BCUT2D eigenvalue weighted by Crippen LogP contribution is 2.47. The molecule has 7 nitrogen and oxygen atoms in total. The summed E-state index contributed by atoms with van der Waals surface area (Å²) in [6, 6.07) is 0. The lowest BCUT2D eigenvalue weighted by atomic mass is 10.2. The number of nitrogens with zero attached hydrogens (tertiary/aromatic N) is 1. The van der Waals surface area contributed by atoms with Crippen LogP contribution in [-0.2, 0) is 18.6 Å². The molecule has 0 heterocycles. The van der Waals surface area contributed by atoms with Gasteiger partial charge < -0.3 is 19.3 Å². The Morgan fingerprint density at radius 1 is 0.864 bits per heavy atom. The zero-order chi connectivity index (χ0) is 16.8. The maximum atomic E-state index is 10.4. The molecule has 0 aliphatic carbocycles. The van der Waals surface area contributed by atoms with Crippen molar-refractivity contribution in [3.8, 4) is 0 Å². The van der Waals surface area contributed by atoms with Gasteiger partial charge in [0.25, 0.3) is 0 Å². The zero-order valence-electron chi connectivity index (χ0n) is 13.5. The van der Waals surface area contributed by atoms with Crippen LogP contribution < -0.4 is 0 Å². The number of hydrogen-bond donors (Lipinski definition) is 2. The minimum atomic E-state index is -2.19. The van der Waals surface area contributed by atoms with E-state index >= 15 is 0 Å². The van der Waals surface area contributed by atoms with E-state index in [0.29, 0.717) is 26.1 Å². The van der Waals surface area contributed by atoms with E-state index in [9.17, 15) is 9.59 Å². The standard InChI is InChI=1S/C14H28NO6P/c1-15-22(2,20-11-7-3-5-9-13(16)17)21-12-8-4-6-10-14(18)19/h3-12H2,1-2H3,(H,16,17)(H,18,19). The molecule has 0 saturated carbocycles. The molecule has 0 unspecified atom stereocenters. The average molecular weight is 337 g/mol.